The summed E-state index contributed by atoms with van der Waals surface area (Å²) in [5.74, 6) is -3.16. The summed E-state index contributed by atoms with van der Waals surface area (Å²) in [6, 6.07) is 58.9. The molecule has 0 bridgehead atoms. The maximum Gasteiger partial charge on any atom is 0.339 e. The molecule has 4 aromatic heterocycles. The highest BCUT2D eigenvalue weighted by Gasteiger charge is 2.19. The predicted molar refractivity (Wildman–Crippen MR) is 321 cm³/mol. The molecular weight excluding hydrogens is 1100 g/mol. The van der Waals surface area contributed by atoms with Crippen LogP contribution in [-0.2, 0) is 26.3 Å². The van der Waals surface area contributed by atoms with Gasteiger partial charge in [-0.25, -0.2) is 18.4 Å². The zero-order valence-corrected chi connectivity index (χ0v) is 45.6. The summed E-state index contributed by atoms with van der Waals surface area (Å²) in [4.78, 5) is 63.7. The van der Waals surface area contributed by atoms with Crippen LogP contribution < -0.4 is 20.1 Å². The third-order valence-electron chi connectivity index (χ3n) is 13.1. The number of aromatic carboxylic acids is 2. The number of amides is 2. The molecule has 0 fully saturated rings. The maximum atomic E-state index is 13.1. The zero-order valence-electron chi connectivity index (χ0n) is 45.6. The van der Waals surface area contributed by atoms with E-state index in [1.807, 2.05) is 97.1 Å². The molecule has 0 saturated carbocycles. The molecule has 4 heterocycles. The number of nitrogens with zero attached hydrogens (tertiary/aromatic N) is 4. The number of halogens is 2. The topological polar surface area (TPSA) is 243 Å². The Morgan fingerprint density at radius 1 is 0.360 bits per heavy atom. The van der Waals surface area contributed by atoms with Crippen molar-refractivity contribution in [3.05, 3.63) is 287 Å². The monoisotopic (exact) mass is 1150 g/mol. The number of nitrogens with one attached hydrogen (secondary N) is 2. The highest BCUT2D eigenvalue weighted by atomic mass is 19.1. The third kappa shape index (κ3) is 15.1. The fourth-order valence-corrected chi connectivity index (χ4v) is 8.71. The Kier molecular flexibility index (Phi) is 19.4. The quantitative estimate of drug-likeness (QED) is 0.0593. The number of phenols is 2. The summed E-state index contributed by atoms with van der Waals surface area (Å²) < 4.78 is 37.7. The largest absolute Gasteiger partial charge is 0.505 e. The van der Waals surface area contributed by atoms with Crippen molar-refractivity contribution in [3.63, 3.8) is 0 Å². The van der Waals surface area contributed by atoms with Gasteiger partial charge in [-0.3, -0.25) is 29.5 Å². The molecule has 8 aromatic carbocycles. The molecule has 12 aromatic rings. The number of fused-ring (bicyclic) bond motifs is 4. The zero-order chi connectivity index (χ0) is 60.4. The number of pyridine rings is 4. The first kappa shape index (κ1) is 59.0. The lowest BCUT2D eigenvalue weighted by atomic mass is 10.1. The van der Waals surface area contributed by atoms with Crippen molar-refractivity contribution < 1.29 is 57.9 Å². The lowest BCUT2D eigenvalue weighted by Crippen LogP contribution is -2.23. The molecule has 0 spiro atoms. The number of hydrogen-bond acceptors (Lipinski definition) is 12. The van der Waals surface area contributed by atoms with Crippen LogP contribution in [-0.4, -0.2) is 64.1 Å². The van der Waals surface area contributed by atoms with Gasteiger partial charge in [-0.2, -0.15) is 0 Å². The van der Waals surface area contributed by atoms with Crippen LogP contribution >= 0.6 is 0 Å². The van der Waals surface area contributed by atoms with E-state index >= 15 is 0 Å². The van der Waals surface area contributed by atoms with E-state index in [1.165, 1.54) is 36.5 Å². The molecule has 0 atom stereocenters. The van der Waals surface area contributed by atoms with E-state index in [9.17, 15) is 43.3 Å². The molecule has 0 aliphatic carbocycles. The van der Waals surface area contributed by atoms with Gasteiger partial charge >= 0.3 is 11.9 Å². The standard InChI is InChI=1S/C24H19FN2O2.C17H13FN2O2.C17H13NO3.C10H7NO3/c25-20-11-8-17(9-12-20)15-27-24(28)21-13-10-19-7-4-14-26-22(19)23(21)29-16-18-5-2-1-3-6-18;18-13-6-3-11(4-7-13)10-20-17(22)14-8-5-12-2-1-9-19-15(12)16(14)21;19-17(20)14-9-8-13-7-4-10-18-15(13)16(14)21-11-12-5-2-1-3-6-12;12-9-7(10(13)14)4-3-6-2-1-5-11-8(6)9/h1-14H,15-16H2,(H,27,28);1-9,21H,10H2,(H,20,22);1-10H,11H2,(H,19,20);1-5,12H,(H,13,14). The number of phenolic OH excluding ortho intramolecular Hbond substituents is 1. The van der Waals surface area contributed by atoms with Crippen LogP contribution in [0.4, 0.5) is 8.78 Å². The SMILES string of the molecule is O=C(NCc1ccc(F)cc1)c1ccc2cccnc2c1O.O=C(NCc1ccc(F)cc1)c1ccc2cccnc2c1OCc1ccccc1.O=C(O)c1ccc2cccnc2c1O.O=C(O)c1ccc2cccnc2c1OCc1ccccc1. The minimum Gasteiger partial charge on any atom is -0.505 e. The van der Waals surface area contributed by atoms with Gasteiger partial charge in [-0.1, -0.05) is 133 Å². The number of ether oxygens (including phenoxy) is 2. The van der Waals surface area contributed by atoms with E-state index in [0.29, 0.717) is 52.3 Å². The number of carbonyl (C=O) groups is 4. The summed E-state index contributed by atoms with van der Waals surface area (Å²) in [7, 11) is 0. The van der Waals surface area contributed by atoms with Gasteiger partial charge in [0.2, 0.25) is 0 Å². The van der Waals surface area contributed by atoms with E-state index in [-0.39, 0.29) is 58.8 Å². The molecule has 0 unspecified atom stereocenters. The first-order chi connectivity index (χ1) is 41.8. The number of hydrogen-bond donors (Lipinski definition) is 6. The summed E-state index contributed by atoms with van der Waals surface area (Å²) in [6.45, 7) is 1.17. The van der Waals surface area contributed by atoms with Gasteiger partial charge in [0.05, 0.1) is 11.1 Å². The van der Waals surface area contributed by atoms with Crippen molar-refractivity contribution in [2.45, 2.75) is 26.3 Å². The Morgan fingerprint density at radius 2 is 0.698 bits per heavy atom. The molecule has 18 heteroatoms. The number of aromatic nitrogens is 4. The van der Waals surface area contributed by atoms with Crippen LogP contribution in [0.15, 0.2) is 231 Å². The van der Waals surface area contributed by atoms with Gasteiger partial charge in [0.1, 0.15) is 58.0 Å². The molecule has 16 nitrogen and oxygen atoms in total. The summed E-state index contributed by atoms with van der Waals surface area (Å²) in [6.07, 6.45) is 6.37. The fraction of sp³-hybridized carbons (Fsp3) is 0.0588. The Morgan fingerprint density at radius 3 is 1.12 bits per heavy atom. The molecule has 12 rings (SSSR count). The summed E-state index contributed by atoms with van der Waals surface area (Å²) in [5.41, 5.74) is 6.02. The Hall–Kier alpha value is -11.7. The molecule has 0 saturated heterocycles. The number of carboxylic acids is 2. The van der Waals surface area contributed by atoms with Gasteiger partial charge < -0.3 is 40.5 Å². The van der Waals surface area contributed by atoms with Gasteiger partial charge in [-0.05, 0) is 95.1 Å². The average molecular weight is 1150 g/mol. The van der Waals surface area contributed by atoms with Gasteiger partial charge in [0.15, 0.2) is 23.0 Å². The summed E-state index contributed by atoms with van der Waals surface area (Å²) >= 11 is 0. The predicted octanol–water partition coefficient (Wildman–Crippen LogP) is 13.0. The average Bonchev–Trinajstić information content (AvgIpc) is 2.14. The highest BCUT2D eigenvalue weighted by Crippen LogP contribution is 2.32. The second kappa shape index (κ2) is 28.4. The summed E-state index contributed by atoms with van der Waals surface area (Å²) in [5, 5.41) is 46.6. The minimum absolute atomic E-state index is 0.122. The van der Waals surface area contributed by atoms with E-state index in [0.717, 1.165) is 43.8 Å². The van der Waals surface area contributed by atoms with Crippen LogP contribution in [0.2, 0.25) is 0 Å². The first-order valence-electron chi connectivity index (χ1n) is 26.6. The number of aromatic hydroxyl groups is 2. The van der Waals surface area contributed by atoms with Gasteiger partial charge in [-0.15, -0.1) is 0 Å². The number of rotatable bonds is 14. The molecular formula is C68H52F2N6O10. The maximum absolute atomic E-state index is 13.1. The lowest BCUT2D eigenvalue weighted by molar-refractivity contribution is 0.0681. The van der Waals surface area contributed by atoms with Crippen molar-refractivity contribution in [1.82, 2.24) is 30.6 Å². The minimum atomic E-state index is -1.16. The normalized spacial score (nSPS) is 10.5. The van der Waals surface area contributed by atoms with Gasteiger partial charge in [0.25, 0.3) is 11.8 Å². The Labute approximate surface area is 490 Å². The molecule has 86 heavy (non-hydrogen) atoms. The fourth-order valence-electron chi connectivity index (χ4n) is 8.71. The van der Waals surface area contributed by atoms with Crippen LogP contribution in [0.1, 0.15) is 63.7 Å². The highest BCUT2D eigenvalue weighted by molar-refractivity contribution is 6.04. The van der Waals surface area contributed by atoms with Crippen LogP contribution in [0.3, 0.4) is 0 Å². The van der Waals surface area contributed by atoms with Crippen molar-refractivity contribution in [2.24, 2.45) is 0 Å². The van der Waals surface area contributed by atoms with Crippen molar-refractivity contribution in [3.8, 4) is 23.0 Å². The second-order valence-electron chi connectivity index (χ2n) is 18.9. The van der Waals surface area contributed by atoms with E-state index in [1.54, 1.807) is 97.5 Å². The van der Waals surface area contributed by atoms with Crippen LogP contribution in [0.5, 0.6) is 23.0 Å². The molecule has 0 aliphatic rings. The van der Waals surface area contributed by atoms with Crippen molar-refractivity contribution >= 4 is 67.4 Å². The van der Waals surface area contributed by atoms with E-state index < -0.39 is 17.8 Å². The second-order valence-corrected chi connectivity index (χ2v) is 18.9. The van der Waals surface area contributed by atoms with Crippen LogP contribution in [0.25, 0.3) is 43.6 Å². The van der Waals surface area contributed by atoms with Crippen molar-refractivity contribution in [1.29, 1.82) is 0 Å². The Bertz CT molecular complexity index is 4350. The van der Waals surface area contributed by atoms with E-state index in [4.69, 9.17) is 14.6 Å². The number of carbonyl (C=O) groups excluding carboxylic acids is 2. The number of benzene rings is 8. The molecule has 0 radical (unpaired) electrons. The van der Waals surface area contributed by atoms with E-state index in [2.05, 4.69) is 30.6 Å². The molecule has 6 N–H and O–H groups in total. The van der Waals surface area contributed by atoms with Gasteiger partial charge in [0, 0.05) is 59.4 Å². The number of carboxylic acid groups (broad SMARTS) is 2. The molecule has 428 valence electrons. The van der Waals surface area contributed by atoms with Crippen molar-refractivity contribution in [2.75, 3.05) is 0 Å². The Balaban J connectivity index is 0.000000141. The molecule has 0 aliphatic heterocycles. The first-order valence-corrected chi connectivity index (χ1v) is 26.6. The van der Waals surface area contributed by atoms with Crippen LogP contribution in [0, 0.1) is 11.6 Å². The third-order valence-corrected chi connectivity index (χ3v) is 13.1. The molecule has 2 amide bonds. The smallest absolute Gasteiger partial charge is 0.339 e. The lowest BCUT2D eigenvalue weighted by Gasteiger charge is -2.14.